The first-order valence-electron chi connectivity index (χ1n) is 6.13. The summed E-state index contributed by atoms with van der Waals surface area (Å²) in [4.78, 5) is 10.7. The third kappa shape index (κ3) is 2.85. The van der Waals surface area contributed by atoms with Gasteiger partial charge in [0.1, 0.15) is 5.01 Å². The van der Waals surface area contributed by atoms with E-state index < -0.39 is 0 Å². The van der Waals surface area contributed by atoms with E-state index in [0.717, 1.165) is 19.6 Å². The van der Waals surface area contributed by atoms with Crippen molar-refractivity contribution in [3.05, 3.63) is 16.1 Å². The molecule has 1 fully saturated rings. The first-order chi connectivity index (χ1) is 8.11. The summed E-state index contributed by atoms with van der Waals surface area (Å²) >= 11 is 1.84. The van der Waals surface area contributed by atoms with Crippen molar-refractivity contribution in [3.8, 4) is 0 Å². The third-order valence-electron chi connectivity index (χ3n) is 3.54. The highest BCUT2D eigenvalue weighted by Gasteiger charge is 2.26. The Bertz CT molecular complexity index is 365. The van der Waals surface area contributed by atoms with Gasteiger partial charge in [-0.25, -0.2) is 4.98 Å². The molecule has 2 rings (SSSR count). The molecule has 1 N–H and O–H groups in total. The molecule has 0 aliphatic carbocycles. The number of hydrogen-bond acceptors (Lipinski definition) is 5. The maximum Gasteiger partial charge on any atom is 0.111 e. The van der Waals surface area contributed by atoms with Crippen LogP contribution in [0.4, 0.5) is 0 Å². The summed E-state index contributed by atoms with van der Waals surface area (Å²) in [5, 5.41) is 4.51. The molecule has 1 aromatic heterocycles. The van der Waals surface area contributed by atoms with Gasteiger partial charge in [0, 0.05) is 36.8 Å². The van der Waals surface area contributed by atoms with E-state index >= 15 is 0 Å². The van der Waals surface area contributed by atoms with Crippen LogP contribution < -0.4 is 5.32 Å². The van der Waals surface area contributed by atoms with E-state index in [9.17, 15) is 0 Å². The van der Waals surface area contributed by atoms with Crippen molar-refractivity contribution in [2.45, 2.75) is 19.0 Å². The van der Waals surface area contributed by atoms with Crippen molar-refractivity contribution >= 4 is 11.3 Å². The molecule has 2 unspecified atom stereocenters. The fourth-order valence-electron chi connectivity index (χ4n) is 2.07. The molecule has 1 saturated heterocycles. The second kappa shape index (κ2) is 5.44. The monoisotopic (exact) mass is 254 g/mol. The Labute approximate surface area is 108 Å². The SMILES string of the molecule is CNC(C)c1cnc(C2CN(C)CCN2C)s1. The Morgan fingerprint density at radius 3 is 2.94 bits per heavy atom. The zero-order valence-corrected chi connectivity index (χ0v) is 11.9. The summed E-state index contributed by atoms with van der Waals surface area (Å²) in [7, 11) is 6.37. The van der Waals surface area contributed by atoms with Crippen LogP contribution >= 0.6 is 11.3 Å². The Balaban J connectivity index is 2.13. The molecule has 96 valence electrons. The van der Waals surface area contributed by atoms with E-state index in [1.807, 2.05) is 24.6 Å². The van der Waals surface area contributed by atoms with E-state index in [1.165, 1.54) is 9.88 Å². The first-order valence-corrected chi connectivity index (χ1v) is 6.95. The second-order valence-electron chi connectivity index (χ2n) is 4.87. The van der Waals surface area contributed by atoms with Crippen LogP contribution in [0.2, 0.25) is 0 Å². The van der Waals surface area contributed by atoms with Gasteiger partial charge in [0.25, 0.3) is 0 Å². The van der Waals surface area contributed by atoms with Gasteiger partial charge in [-0.3, -0.25) is 4.90 Å². The number of aromatic nitrogens is 1. The smallest absolute Gasteiger partial charge is 0.111 e. The van der Waals surface area contributed by atoms with E-state index in [0.29, 0.717) is 12.1 Å². The average Bonchev–Trinajstić information content (AvgIpc) is 2.80. The highest BCUT2D eigenvalue weighted by molar-refractivity contribution is 7.11. The molecule has 1 aliphatic rings. The van der Waals surface area contributed by atoms with Crippen molar-refractivity contribution < 1.29 is 0 Å². The van der Waals surface area contributed by atoms with E-state index in [4.69, 9.17) is 0 Å². The van der Waals surface area contributed by atoms with Crippen LogP contribution in [0.25, 0.3) is 0 Å². The van der Waals surface area contributed by atoms with Gasteiger partial charge >= 0.3 is 0 Å². The van der Waals surface area contributed by atoms with Crippen LogP contribution in [0.3, 0.4) is 0 Å². The maximum absolute atomic E-state index is 4.60. The summed E-state index contributed by atoms with van der Waals surface area (Å²) in [5.41, 5.74) is 0. The van der Waals surface area contributed by atoms with Gasteiger partial charge in [-0.05, 0) is 28.1 Å². The molecule has 1 aromatic rings. The predicted molar refractivity (Wildman–Crippen MR) is 72.5 cm³/mol. The molecule has 1 aliphatic heterocycles. The summed E-state index contributed by atoms with van der Waals surface area (Å²) < 4.78 is 0. The van der Waals surface area contributed by atoms with E-state index in [1.54, 1.807) is 0 Å². The lowest BCUT2D eigenvalue weighted by molar-refractivity contribution is 0.115. The van der Waals surface area contributed by atoms with Gasteiger partial charge in [0.15, 0.2) is 0 Å². The van der Waals surface area contributed by atoms with Crippen molar-refractivity contribution in [1.29, 1.82) is 0 Å². The van der Waals surface area contributed by atoms with Crippen LogP contribution in [0, 0.1) is 0 Å². The second-order valence-corrected chi connectivity index (χ2v) is 5.96. The largest absolute Gasteiger partial charge is 0.312 e. The van der Waals surface area contributed by atoms with Crippen LogP contribution in [-0.2, 0) is 0 Å². The predicted octanol–water partition coefficient (Wildman–Crippen LogP) is 1.34. The van der Waals surface area contributed by atoms with Crippen molar-refractivity contribution in [2.24, 2.45) is 0 Å². The van der Waals surface area contributed by atoms with Gasteiger partial charge in [0.05, 0.1) is 6.04 Å². The Morgan fingerprint density at radius 1 is 1.47 bits per heavy atom. The number of likely N-dealkylation sites (N-methyl/N-ethyl adjacent to an activating group) is 2. The van der Waals surface area contributed by atoms with Gasteiger partial charge in [-0.1, -0.05) is 0 Å². The normalized spacial score (nSPS) is 25.1. The van der Waals surface area contributed by atoms with Gasteiger partial charge in [0.2, 0.25) is 0 Å². The van der Waals surface area contributed by atoms with Crippen LogP contribution in [0.1, 0.15) is 28.9 Å². The Morgan fingerprint density at radius 2 is 2.24 bits per heavy atom. The van der Waals surface area contributed by atoms with Crippen LogP contribution in [0.5, 0.6) is 0 Å². The highest BCUT2D eigenvalue weighted by Crippen LogP contribution is 2.29. The molecule has 0 amide bonds. The first kappa shape index (κ1) is 13.0. The molecule has 0 spiro atoms. The molecule has 17 heavy (non-hydrogen) atoms. The molecule has 0 bridgehead atoms. The summed E-state index contributed by atoms with van der Waals surface area (Å²) in [6, 6.07) is 0.851. The average molecular weight is 254 g/mol. The van der Waals surface area contributed by atoms with Crippen LogP contribution in [0.15, 0.2) is 6.20 Å². The van der Waals surface area contributed by atoms with Crippen LogP contribution in [-0.4, -0.2) is 55.6 Å². The number of hydrogen-bond donors (Lipinski definition) is 1. The molecule has 4 nitrogen and oxygen atoms in total. The maximum atomic E-state index is 4.60. The quantitative estimate of drug-likeness (QED) is 0.882. The van der Waals surface area contributed by atoms with Crippen molar-refractivity contribution in [1.82, 2.24) is 20.1 Å². The number of piperazine rings is 1. The minimum atomic E-state index is 0.396. The molecule has 2 heterocycles. The fourth-order valence-corrected chi connectivity index (χ4v) is 3.21. The number of nitrogens with one attached hydrogen (secondary N) is 1. The van der Waals surface area contributed by atoms with E-state index in [-0.39, 0.29) is 0 Å². The molecule has 0 radical (unpaired) electrons. The molecular weight excluding hydrogens is 232 g/mol. The van der Waals surface area contributed by atoms with E-state index in [2.05, 4.69) is 41.1 Å². The van der Waals surface area contributed by atoms with Gasteiger partial charge in [-0.2, -0.15) is 0 Å². The highest BCUT2D eigenvalue weighted by atomic mass is 32.1. The Hall–Kier alpha value is -0.490. The molecule has 0 aromatic carbocycles. The van der Waals surface area contributed by atoms with Crippen molar-refractivity contribution in [2.75, 3.05) is 40.8 Å². The minimum Gasteiger partial charge on any atom is -0.312 e. The lowest BCUT2D eigenvalue weighted by Gasteiger charge is -2.36. The van der Waals surface area contributed by atoms with Crippen molar-refractivity contribution in [3.63, 3.8) is 0 Å². The third-order valence-corrected chi connectivity index (χ3v) is 4.82. The molecule has 0 saturated carbocycles. The molecule has 5 heteroatoms. The minimum absolute atomic E-state index is 0.396. The number of thiazole rings is 1. The molecule has 2 atom stereocenters. The zero-order chi connectivity index (χ0) is 12.4. The topological polar surface area (TPSA) is 31.4 Å². The lowest BCUT2D eigenvalue weighted by Crippen LogP contribution is -2.44. The molecular formula is C12H22N4S. The number of nitrogens with zero attached hydrogens (tertiary/aromatic N) is 3. The zero-order valence-electron chi connectivity index (χ0n) is 11.1. The van der Waals surface area contributed by atoms with Gasteiger partial charge < -0.3 is 10.2 Å². The summed E-state index contributed by atoms with van der Waals surface area (Å²) in [6.07, 6.45) is 2.02. The summed E-state index contributed by atoms with van der Waals surface area (Å²) in [6.45, 7) is 5.53. The fraction of sp³-hybridized carbons (Fsp3) is 0.750. The standard InChI is InChI=1S/C12H22N4S/c1-9(13-2)11-7-14-12(17-11)10-8-15(3)5-6-16(10)4/h7,9-10,13H,5-6,8H2,1-4H3. The Kier molecular flexibility index (Phi) is 4.14. The van der Waals surface area contributed by atoms with Gasteiger partial charge in [-0.15, -0.1) is 11.3 Å². The lowest BCUT2D eigenvalue weighted by atomic mass is 10.2. The number of rotatable bonds is 3. The summed E-state index contributed by atoms with van der Waals surface area (Å²) in [5.74, 6) is 0.